The number of nitrogens with two attached hydrogens (primary N) is 2. The second kappa shape index (κ2) is 16.6. The lowest BCUT2D eigenvalue weighted by Gasteiger charge is -2.19. The van der Waals surface area contributed by atoms with Crippen molar-refractivity contribution in [1.82, 2.24) is 0 Å². The van der Waals surface area contributed by atoms with E-state index in [2.05, 4.69) is 4.99 Å². The van der Waals surface area contributed by atoms with Crippen molar-refractivity contribution in [2.75, 3.05) is 11.5 Å². The van der Waals surface area contributed by atoms with Crippen LogP contribution >= 0.6 is 46.4 Å². The fourth-order valence-electron chi connectivity index (χ4n) is 4.02. The number of hydrogen-bond acceptors (Lipinski definition) is 6. The maximum absolute atomic E-state index is 13.5. The zero-order valence-electron chi connectivity index (χ0n) is 27.0. The van der Waals surface area contributed by atoms with Crippen molar-refractivity contribution in [3.63, 3.8) is 0 Å². The molecule has 0 amide bonds. The minimum absolute atomic E-state index is 0.0146. The second-order valence-corrected chi connectivity index (χ2v) is 12.7. The smallest absolute Gasteiger partial charge is 0.465 e. The number of aryl methyl sites for hydroxylation is 2. The Morgan fingerprint density at radius 2 is 1.07 bits per heavy atom. The van der Waals surface area contributed by atoms with Crippen LogP contribution in [0.5, 0.6) is 23.0 Å². The highest BCUT2D eigenvalue weighted by Gasteiger charge is 2.64. The van der Waals surface area contributed by atoms with Crippen LogP contribution in [0.15, 0.2) is 65.7 Å². The Morgan fingerprint density at radius 1 is 0.648 bits per heavy atom. The van der Waals surface area contributed by atoms with E-state index in [1.54, 1.807) is 36.4 Å². The number of carbonyl (C=O) groups is 1. The van der Waals surface area contributed by atoms with E-state index in [9.17, 15) is 48.7 Å². The molecule has 1 aliphatic heterocycles. The third-order valence-electron chi connectivity index (χ3n) is 6.84. The van der Waals surface area contributed by atoms with Crippen LogP contribution in [0, 0.1) is 13.8 Å². The SMILES string of the molecule is Cc1ccc(Oc2cc(N)c(N)cc2Cl)c(Cl)c1.Cc1ccc(Oc2cc3c(cc2Cl)N=C(C(F)(F)C(F)(F)F)C3)c(Cl)c1.O=C(O)C(F)(F)C(F)(F)F. The molecular formula is C33H23Cl4F10N3O4. The van der Waals surface area contributed by atoms with E-state index in [0.29, 0.717) is 37.9 Å². The maximum atomic E-state index is 13.5. The van der Waals surface area contributed by atoms with Gasteiger partial charge in [-0.3, -0.25) is 4.99 Å². The lowest BCUT2D eigenvalue weighted by atomic mass is 10.1. The first kappa shape index (κ1) is 44.1. The number of nitrogens with zero attached hydrogens (tertiary/aromatic N) is 1. The van der Waals surface area contributed by atoms with Gasteiger partial charge in [0.2, 0.25) is 0 Å². The van der Waals surface area contributed by atoms with Crippen LogP contribution in [0.2, 0.25) is 20.1 Å². The van der Waals surface area contributed by atoms with E-state index in [1.165, 1.54) is 12.1 Å². The molecule has 0 saturated carbocycles. The van der Waals surface area contributed by atoms with Gasteiger partial charge in [-0.25, -0.2) is 4.79 Å². The zero-order chi connectivity index (χ0) is 41.1. The van der Waals surface area contributed by atoms with Gasteiger partial charge in [-0.1, -0.05) is 58.5 Å². The molecule has 21 heteroatoms. The first-order valence-corrected chi connectivity index (χ1v) is 15.9. The van der Waals surface area contributed by atoms with Gasteiger partial charge in [-0.2, -0.15) is 43.9 Å². The van der Waals surface area contributed by atoms with Crippen molar-refractivity contribution in [3.05, 3.63) is 97.4 Å². The van der Waals surface area contributed by atoms with Crippen molar-refractivity contribution >= 4 is 75.1 Å². The summed E-state index contributed by atoms with van der Waals surface area (Å²) in [5.41, 5.74) is 13.0. The zero-order valence-corrected chi connectivity index (χ0v) is 30.1. The lowest BCUT2D eigenvalue weighted by molar-refractivity contribution is -0.277. The average Bonchev–Trinajstić information content (AvgIpc) is 3.45. The van der Waals surface area contributed by atoms with Crippen molar-refractivity contribution in [2.24, 2.45) is 4.99 Å². The van der Waals surface area contributed by atoms with Gasteiger partial charge in [0.05, 0.1) is 37.2 Å². The fourth-order valence-corrected chi connectivity index (χ4v) is 4.97. The van der Waals surface area contributed by atoms with E-state index >= 15 is 0 Å². The van der Waals surface area contributed by atoms with Gasteiger partial charge >= 0.3 is 30.2 Å². The molecule has 5 rings (SSSR count). The Kier molecular flexibility index (Phi) is 13.5. The average molecular weight is 857 g/mol. The highest BCUT2D eigenvalue weighted by Crippen LogP contribution is 2.45. The molecule has 4 aromatic carbocycles. The molecule has 1 heterocycles. The van der Waals surface area contributed by atoms with E-state index in [0.717, 1.165) is 11.1 Å². The largest absolute Gasteiger partial charge is 0.477 e. The summed E-state index contributed by atoms with van der Waals surface area (Å²) < 4.78 is 131. The van der Waals surface area contributed by atoms with Crippen LogP contribution in [-0.2, 0) is 11.2 Å². The Labute approximate surface area is 319 Å². The summed E-state index contributed by atoms with van der Waals surface area (Å²) in [4.78, 5) is 12.6. The first-order chi connectivity index (χ1) is 24.6. The van der Waals surface area contributed by atoms with E-state index in [-0.39, 0.29) is 27.8 Å². The summed E-state index contributed by atoms with van der Waals surface area (Å²) in [7, 11) is 0. The van der Waals surface area contributed by atoms with E-state index in [4.69, 9.17) is 72.5 Å². The molecule has 0 atom stereocenters. The number of alkyl halides is 10. The molecule has 0 unspecified atom stereocenters. The molecule has 0 aromatic heterocycles. The van der Waals surface area contributed by atoms with Crippen LogP contribution in [0.3, 0.4) is 0 Å². The molecule has 0 spiro atoms. The molecule has 7 nitrogen and oxygen atoms in total. The monoisotopic (exact) mass is 855 g/mol. The Bertz CT molecular complexity index is 2080. The molecule has 0 fully saturated rings. The quantitative estimate of drug-likeness (QED) is 0.131. The normalized spacial score (nSPS) is 12.8. The van der Waals surface area contributed by atoms with Gasteiger partial charge in [0.15, 0.2) is 0 Å². The number of aliphatic imine (C=N–C) groups is 1. The topological polar surface area (TPSA) is 120 Å². The third-order valence-corrected chi connectivity index (χ3v) is 8.02. The molecule has 1 aliphatic rings. The highest BCUT2D eigenvalue weighted by molar-refractivity contribution is 6.34. The number of fused-ring (bicyclic) bond motifs is 1. The Morgan fingerprint density at radius 3 is 1.48 bits per heavy atom. The van der Waals surface area contributed by atoms with Crippen molar-refractivity contribution < 1.29 is 63.3 Å². The minimum Gasteiger partial charge on any atom is -0.477 e. The standard InChI is InChI=1S/C17H10Cl2F5NO.C13H12Cl2N2O.C3HF5O2/c1-8-2-3-13(10(18)4-8)26-14-5-9-6-15(16(20,21)17(22,23)24)25-12(9)7-11(14)19;1-7-2-3-12(8(14)4-7)18-13-6-11(17)10(16)5-9(13)15;4-2(5,1(9)10)3(6,7)8/h2-5,7H,6H2,1H3;2-6H,16-17H2,1H3;(H,9,10). The number of anilines is 2. The number of halogens is 14. The number of nitrogen functional groups attached to an aromatic ring is 2. The maximum Gasteiger partial charge on any atom is 0.465 e. The number of ether oxygens (including phenoxy) is 2. The Balaban J connectivity index is 0.000000243. The van der Waals surface area contributed by atoms with Crippen molar-refractivity contribution in [3.8, 4) is 23.0 Å². The molecule has 4 aromatic rings. The van der Waals surface area contributed by atoms with Crippen LogP contribution in [-0.4, -0.2) is 41.0 Å². The summed E-state index contributed by atoms with van der Waals surface area (Å²) in [6.07, 6.45) is -12.4. The number of carboxylic acids is 1. The summed E-state index contributed by atoms with van der Waals surface area (Å²) in [5, 5.41) is 8.53. The molecule has 0 bridgehead atoms. The number of benzene rings is 4. The van der Waals surface area contributed by atoms with Crippen molar-refractivity contribution in [2.45, 2.75) is 44.5 Å². The summed E-state index contributed by atoms with van der Waals surface area (Å²) >= 11 is 24.2. The predicted molar refractivity (Wildman–Crippen MR) is 185 cm³/mol. The molecule has 5 N–H and O–H groups in total. The van der Waals surface area contributed by atoms with Gasteiger partial charge in [-0.05, 0) is 73.0 Å². The van der Waals surface area contributed by atoms with Gasteiger partial charge < -0.3 is 26.0 Å². The molecule has 0 radical (unpaired) electrons. The molecular weight excluding hydrogens is 834 g/mol. The summed E-state index contributed by atoms with van der Waals surface area (Å²) in [6, 6.07) is 16.1. The van der Waals surface area contributed by atoms with Crippen LogP contribution in [0.4, 0.5) is 61.0 Å². The molecule has 292 valence electrons. The molecule has 0 saturated heterocycles. The lowest BCUT2D eigenvalue weighted by Crippen LogP contribution is -2.44. The molecule has 0 aliphatic carbocycles. The molecule has 54 heavy (non-hydrogen) atoms. The van der Waals surface area contributed by atoms with E-state index < -0.39 is 42.3 Å². The van der Waals surface area contributed by atoms with Gasteiger partial charge in [0.25, 0.3) is 0 Å². The van der Waals surface area contributed by atoms with Crippen LogP contribution in [0.1, 0.15) is 16.7 Å². The van der Waals surface area contributed by atoms with Crippen LogP contribution in [0.25, 0.3) is 0 Å². The minimum atomic E-state index is -6.02. The van der Waals surface area contributed by atoms with Gasteiger partial charge in [-0.15, -0.1) is 0 Å². The van der Waals surface area contributed by atoms with Crippen LogP contribution < -0.4 is 20.9 Å². The number of carboxylic acid groups (broad SMARTS) is 1. The number of aliphatic carboxylic acids is 1. The Hall–Kier alpha value is -4.32. The predicted octanol–water partition coefficient (Wildman–Crippen LogP) is 12.4. The highest BCUT2D eigenvalue weighted by atomic mass is 35.5. The first-order valence-electron chi connectivity index (χ1n) is 14.4. The number of rotatable bonds is 6. The summed E-state index contributed by atoms with van der Waals surface area (Å²) in [5.74, 6) is -12.5. The number of hydrogen-bond donors (Lipinski definition) is 3. The fraction of sp³-hybridized carbons (Fsp3) is 0.212. The third kappa shape index (κ3) is 10.5. The summed E-state index contributed by atoms with van der Waals surface area (Å²) in [6.45, 7) is 3.78. The van der Waals surface area contributed by atoms with E-state index in [1.807, 2.05) is 26.0 Å². The van der Waals surface area contributed by atoms with Gasteiger partial charge in [0, 0.05) is 12.5 Å². The van der Waals surface area contributed by atoms with Gasteiger partial charge in [0.1, 0.15) is 28.7 Å². The van der Waals surface area contributed by atoms with Crippen molar-refractivity contribution in [1.29, 1.82) is 0 Å². The second-order valence-electron chi connectivity index (χ2n) is 11.1.